The van der Waals surface area contributed by atoms with Crippen LogP contribution in [0.5, 0.6) is 0 Å². The first-order chi connectivity index (χ1) is 12.9. The lowest BCUT2D eigenvalue weighted by Gasteiger charge is -2.34. The van der Waals surface area contributed by atoms with E-state index >= 15 is 0 Å². The van der Waals surface area contributed by atoms with Gasteiger partial charge in [0.2, 0.25) is 0 Å². The predicted molar refractivity (Wildman–Crippen MR) is 124 cm³/mol. The van der Waals surface area contributed by atoms with Crippen LogP contribution in [0.3, 0.4) is 0 Å². The average molecular weight is 447 g/mol. The average Bonchev–Trinajstić information content (AvgIpc) is 2.83. The second kappa shape index (κ2) is 8.83. The van der Waals surface area contributed by atoms with E-state index in [1.54, 1.807) is 6.20 Å². The van der Waals surface area contributed by atoms with E-state index in [-0.39, 0.29) is 17.9 Å². The first-order valence-corrected chi connectivity index (χ1v) is 10.3. The summed E-state index contributed by atoms with van der Waals surface area (Å²) in [5.41, 5.74) is 1.29. The fraction of sp³-hybridized carbons (Fsp3) is 0.524. The van der Waals surface area contributed by atoms with Crippen LogP contribution in [0, 0.1) is 5.41 Å². The first-order valence-electron chi connectivity index (χ1n) is 9.53. The molecule has 2 aromatic rings. The standard InChI is InChI=1S/C14H23BN2O.C7H9BrN2/c1-13(2)10-15(18-14(13,3)4)11-7-8-12(16-9-11)17(5)6;1-10(2)7-4-3-6(8)5-9-7/h7-9H,10H2,1-6H3;3-5H,1-2H3. The Morgan fingerprint density at radius 3 is 1.79 bits per heavy atom. The van der Waals surface area contributed by atoms with E-state index in [1.807, 2.05) is 56.3 Å². The highest BCUT2D eigenvalue weighted by molar-refractivity contribution is 9.10. The third-order valence-corrected chi connectivity index (χ3v) is 6.00. The van der Waals surface area contributed by atoms with Gasteiger partial charge in [-0.25, -0.2) is 9.97 Å². The number of anilines is 2. The van der Waals surface area contributed by atoms with Crippen LogP contribution >= 0.6 is 15.9 Å². The molecule has 0 amide bonds. The van der Waals surface area contributed by atoms with Gasteiger partial charge in [0, 0.05) is 45.1 Å². The quantitative estimate of drug-likeness (QED) is 0.664. The van der Waals surface area contributed by atoms with Gasteiger partial charge in [-0.15, -0.1) is 0 Å². The summed E-state index contributed by atoms with van der Waals surface area (Å²) in [4.78, 5) is 12.6. The molecule has 0 atom stereocenters. The van der Waals surface area contributed by atoms with Crippen LogP contribution < -0.4 is 15.3 Å². The Morgan fingerprint density at radius 1 is 0.893 bits per heavy atom. The number of hydrogen-bond acceptors (Lipinski definition) is 5. The normalized spacial score (nSPS) is 17.0. The molecule has 28 heavy (non-hydrogen) atoms. The summed E-state index contributed by atoms with van der Waals surface area (Å²) in [5.74, 6) is 1.96. The molecule has 0 radical (unpaired) electrons. The van der Waals surface area contributed by atoms with Crippen molar-refractivity contribution >= 4 is 39.9 Å². The van der Waals surface area contributed by atoms with Gasteiger partial charge in [0.1, 0.15) is 11.6 Å². The Balaban J connectivity index is 0.000000237. The van der Waals surface area contributed by atoms with Crippen LogP contribution in [0.1, 0.15) is 27.7 Å². The Labute approximate surface area is 178 Å². The molecule has 0 aliphatic carbocycles. The molecule has 152 valence electrons. The molecule has 5 nitrogen and oxygen atoms in total. The second-order valence-corrected chi connectivity index (χ2v) is 9.69. The highest BCUT2D eigenvalue weighted by atomic mass is 79.9. The lowest BCUT2D eigenvalue weighted by Crippen LogP contribution is -2.36. The van der Waals surface area contributed by atoms with Gasteiger partial charge >= 0.3 is 6.92 Å². The Kier molecular flexibility index (Phi) is 7.15. The molecule has 1 aliphatic heterocycles. The molecule has 1 saturated heterocycles. The first kappa shape index (κ1) is 22.7. The van der Waals surface area contributed by atoms with Gasteiger partial charge in [0.05, 0.1) is 5.60 Å². The maximum absolute atomic E-state index is 6.20. The second-order valence-electron chi connectivity index (χ2n) is 8.78. The largest absolute Gasteiger partial charge is 0.425 e. The van der Waals surface area contributed by atoms with Gasteiger partial charge < -0.3 is 14.5 Å². The minimum atomic E-state index is -0.0854. The smallest absolute Gasteiger partial charge is 0.329 e. The van der Waals surface area contributed by atoms with Gasteiger partial charge in [-0.05, 0) is 65.2 Å². The molecule has 0 unspecified atom stereocenters. The van der Waals surface area contributed by atoms with E-state index in [1.165, 1.54) is 5.46 Å². The molecular formula is C21H32BBrN4O. The SMILES string of the molecule is CN(C)c1ccc(B2CC(C)(C)C(C)(C)O2)cn1.CN(C)c1ccc(Br)cn1. The summed E-state index contributed by atoms with van der Waals surface area (Å²) < 4.78 is 7.21. The van der Waals surface area contributed by atoms with Crippen molar-refractivity contribution in [1.29, 1.82) is 0 Å². The molecule has 0 aromatic carbocycles. The zero-order valence-electron chi connectivity index (χ0n) is 18.3. The predicted octanol–water partition coefficient (Wildman–Crippen LogP) is 4.09. The summed E-state index contributed by atoms with van der Waals surface area (Å²) in [6.45, 7) is 9.06. The molecule has 0 saturated carbocycles. The molecule has 1 aliphatic rings. The third kappa shape index (κ3) is 5.48. The summed E-state index contributed by atoms with van der Waals surface area (Å²) in [5, 5.41) is 0. The van der Waals surface area contributed by atoms with E-state index in [9.17, 15) is 0 Å². The number of rotatable bonds is 3. The van der Waals surface area contributed by atoms with Gasteiger partial charge in [-0.1, -0.05) is 19.9 Å². The highest BCUT2D eigenvalue weighted by Gasteiger charge is 2.49. The van der Waals surface area contributed by atoms with Crippen molar-refractivity contribution in [3.05, 3.63) is 41.1 Å². The van der Waals surface area contributed by atoms with E-state index in [0.29, 0.717) is 0 Å². The molecule has 1 fully saturated rings. The molecule has 0 N–H and O–H groups in total. The van der Waals surface area contributed by atoms with E-state index in [0.717, 1.165) is 22.4 Å². The number of nitrogens with zero attached hydrogens (tertiary/aromatic N) is 4. The Hall–Kier alpha value is -1.60. The van der Waals surface area contributed by atoms with Crippen molar-refractivity contribution in [3.8, 4) is 0 Å². The molecule has 3 rings (SSSR count). The van der Waals surface area contributed by atoms with Gasteiger partial charge in [-0.3, -0.25) is 0 Å². The van der Waals surface area contributed by atoms with Crippen molar-refractivity contribution in [2.45, 2.75) is 39.6 Å². The van der Waals surface area contributed by atoms with Gasteiger partial charge in [-0.2, -0.15) is 0 Å². The van der Waals surface area contributed by atoms with Crippen molar-refractivity contribution in [3.63, 3.8) is 0 Å². The van der Waals surface area contributed by atoms with Crippen LogP contribution in [-0.2, 0) is 4.65 Å². The van der Waals surface area contributed by atoms with Crippen LogP contribution in [0.15, 0.2) is 41.1 Å². The molecule has 2 aromatic heterocycles. The lowest BCUT2D eigenvalue weighted by atomic mass is 9.54. The van der Waals surface area contributed by atoms with Crippen LogP contribution in [0.4, 0.5) is 11.6 Å². The highest BCUT2D eigenvalue weighted by Crippen LogP contribution is 2.44. The van der Waals surface area contributed by atoms with Crippen molar-refractivity contribution in [1.82, 2.24) is 9.97 Å². The van der Waals surface area contributed by atoms with E-state index in [2.05, 4.69) is 65.7 Å². The summed E-state index contributed by atoms with van der Waals surface area (Å²) in [7, 11) is 7.94. The number of hydrogen-bond donors (Lipinski definition) is 0. The summed E-state index contributed by atoms with van der Waals surface area (Å²) in [6.07, 6.45) is 4.77. The fourth-order valence-electron chi connectivity index (χ4n) is 2.94. The van der Waals surface area contributed by atoms with Gasteiger partial charge in [0.15, 0.2) is 0 Å². The fourth-order valence-corrected chi connectivity index (χ4v) is 3.17. The molecule has 3 heterocycles. The van der Waals surface area contributed by atoms with Crippen molar-refractivity contribution < 1.29 is 4.65 Å². The molecule has 7 heteroatoms. The maximum atomic E-state index is 6.20. The molecular weight excluding hydrogens is 415 g/mol. The summed E-state index contributed by atoms with van der Waals surface area (Å²) >= 11 is 3.31. The minimum Gasteiger partial charge on any atom is -0.425 e. The van der Waals surface area contributed by atoms with E-state index in [4.69, 9.17) is 4.65 Å². The molecule has 0 bridgehead atoms. The monoisotopic (exact) mass is 446 g/mol. The third-order valence-electron chi connectivity index (χ3n) is 5.53. The lowest BCUT2D eigenvalue weighted by molar-refractivity contribution is 0.0375. The van der Waals surface area contributed by atoms with Crippen LogP contribution in [0.2, 0.25) is 6.32 Å². The van der Waals surface area contributed by atoms with Crippen LogP contribution in [0.25, 0.3) is 0 Å². The number of halogens is 1. The topological polar surface area (TPSA) is 41.5 Å². The number of pyridine rings is 2. The van der Waals surface area contributed by atoms with Crippen molar-refractivity contribution in [2.24, 2.45) is 5.41 Å². The molecule has 0 spiro atoms. The number of aromatic nitrogens is 2. The minimum absolute atomic E-state index is 0.0854. The van der Waals surface area contributed by atoms with E-state index < -0.39 is 0 Å². The van der Waals surface area contributed by atoms with Gasteiger partial charge in [0.25, 0.3) is 0 Å². The van der Waals surface area contributed by atoms with Crippen molar-refractivity contribution in [2.75, 3.05) is 38.0 Å². The zero-order valence-corrected chi connectivity index (χ0v) is 19.9. The Bertz CT molecular complexity index is 745. The zero-order chi connectivity index (χ0) is 21.1. The summed E-state index contributed by atoms with van der Waals surface area (Å²) in [6, 6.07) is 8.12. The van der Waals surface area contributed by atoms with Crippen LogP contribution in [-0.4, -0.2) is 50.7 Å². The maximum Gasteiger partial charge on any atom is 0.329 e. The Morgan fingerprint density at radius 2 is 1.43 bits per heavy atom.